The van der Waals surface area contributed by atoms with Crippen LogP contribution in [0.25, 0.3) is 0 Å². The van der Waals surface area contributed by atoms with Crippen LogP contribution in [0.1, 0.15) is 33.1 Å². The topological polar surface area (TPSA) is 114 Å². The zero-order chi connectivity index (χ0) is 21.3. The highest BCUT2D eigenvalue weighted by Gasteiger charge is 2.52. The number of carbonyl (C=O) groups excluding carboxylic acids is 4. The summed E-state index contributed by atoms with van der Waals surface area (Å²) in [5.74, 6) is -4.47. The van der Waals surface area contributed by atoms with Crippen molar-refractivity contribution in [2.45, 2.75) is 58.4 Å². The molecule has 0 aromatic rings. The quantitative estimate of drug-likeness (QED) is 0.498. The lowest BCUT2D eigenvalue weighted by Gasteiger charge is -2.41. The first-order valence-corrected chi connectivity index (χ1v) is 6.47. The van der Waals surface area contributed by atoms with Crippen LogP contribution < -0.4 is 0 Å². The molecule has 0 spiro atoms. The number of halogens is 1. The Bertz CT molecular complexity index is 579. The Kier molecular flexibility index (Phi) is 5.05. The molecule has 0 N–H and O–H groups in total. The maximum absolute atomic E-state index is 14.4. The number of hydrogen-bond acceptors (Lipinski definition) is 9. The Hall–Kier alpha value is -2.23. The highest BCUT2D eigenvalue weighted by molar-refractivity contribution is 5.68. The second-order valence-electron chi connectivity index (χ2n) is 4.57. The number of hydrogen-bond donors (Lipinski definition) is 0. The van der Waals surface area contributed by atoms with E-state index in [1.807, 2.05) is 0 Å². The summed E-state index contributed by atoms with van der Waals surface area (Å²) in [6.07, 6.45) is -9.30. The van der Waals surface area contributed by atoms with Crippen molar-refractivity contribution < 1.29 is 52.7 Å². The van der Waals surface area contributed by atoms with E-state index in [9.17, 15) is 23.6 Å². The SMILES string of the molecule is [2H]CC(=O)OC[C@H]1OC(F)[C@H](OC(=O)C[2H])[C@@H](OC(=O)C[2H])[C@H]1OC(=O)C[2H]. The molecular weight excluding hydrogens is 331 g/mol. The van der Waals surface area contributed by atoms with E-state index in [1.54, 1.807) is 0 Å². The Morgan fingerprint density at radius 1 is 0.875 bits per heavy atom. The summed E-state index contributed by atoms with van der Waals surface area (Å²) in [6, 6.07) is 0. The van der Waals surface area contributed by atoms with Crippen molar-refractivity contribution in [2.75, 3.05) is 6.61 Å². The van der Waals surface area contributed by atoms with E-state index in [1.165, 1.54) is 0 Å². The summed E-state index contributed by atoms with van der Waals surface area (Å²) >= 11 is 0. The van der Waals surface area contributed by atoms with Crippen molar-refractivity contribution in [1.82, 2.24) is 0 Å². The van der Waals surface area contributed by atoms with Gasteiger partial charge in [-0.2, -0.15) is 0 Å². The second kappa shape index (κ2) is 8.57. The molecule has 136 valence electrons. The van der Waals surface area contributed by atoms with Crippen LogP contribution in [0.5, 0.6) is 0 Å². The molecule has 5 atom stereocenters. The van der Waals surface area contributed by atoms with Crippen LogP contribution in [0.4, 0.5) is 4.39 Å². The van der Waals surface area contributed by atoms with Gasteiger partial charge in [-0.05, 0) is 0 Å². The highest BCUT2D eigenvalue weighted by Crippen LogP contribution is 2.29. The molecule has 1 fully saturated rings. The van der Waals surface area contributed by atoms with Gasteiger partial charge in [0.05, 0.1) is 0 Å². The Morgan fingerprint density at radius 3 is 1.92 bits per heavy atom. The maximum atomic E-state index is 14.4. The van der Waals surface area contributed by atoms with Gasteiger partial charge in [0.25, 0.3) is 0 Å². The largest absolute Gasteiger partial charge is 0.463 e. The smallest absolute Gasteiger partial charge is 0.303 e. The van der Waals surface area contributed by atoms with Crippen LogP contribution >= 0.6 is 0 Å². The summed E-state index contributed by atoms with van der Waals surface area (Å²) in [5, 5.41) is 0. The first-order chi connectivity index (χ1) is 13.3. The van der Waals surface area contributed by atoms with E-state index >= 15 is 0 Å². The number of rotatable bonds is 5. The van der Waals surface area contributed by atoms with E-state index in [0.717, 1.165) is 0 Å². The third kappa shape index (κ3) is 5.76. The van der Waals surface area contributed by atoms with Crippen LogP contribution in [0.3, 0.4) is 0 Å². The molecule has 9 nitrogen and oxygen atoms in total. The van der Waals surface area contributed by atoms with Gasteiger partial charge in [-0.25, -0.2) is 4.39 Å². The summed E-state index contributed by atoms with van der Waals surface area (Å²) in [6.45, 7) is -4.06. The zero-order valence-electron chi connectivity index (χ0n) is 16.5. The van der Waals surface area contributed by atoms with Crippen molar-refractivity contribution in [3.63, 3.8) is 0 Å². The molecule has 0 aliphatic carbocycles. The predicted octanol–water partition coefficient (Wildman–Crippen LogP) is 0.0390. The molecule has 0 aromatic heterocycles. The zero-order valence-corrected chi connectivity index (χ0v) is 12.5. The first kappa shape index (κ1) is 14.1. The van der Waals surface area contributed by atoms with Crippen LogP contribution in [0.2, 0.25) is 0 Å². The van der Waals surface area contributed by atoms with E-state index in [4.69, 9.17) is 24.4 Å². The molecule has 1 saturated heterocycles. The average molecular weight is 354 g/mol. The molecule has 0 amide bonds. The van der Waals surface area contributed by atoms with Gasteiger partial charge in [-0.15, -0.1) is 0 Å². The summed E-state index contributed by atoms with van der Waals surface area (Å²) in [5.41, 5.74) is 0. The lowest BCUT2D eigenvalue weighted by molar-refractivity contribution is -0.277. The van der Waals surface area contributed by atoms with Crippen LogP contribution in [0.15, 0.2) is 0 Å². The van der Waals surface area contributed by atoms with Crippen LogP contribution in [-0.4, -0.2) is 61.3 Å². The van der Waals surface area contributed by atoms with Crippen LogP contribution in [0, 0.1) is 0 Å². The van der Waals surface area contributed by atoms with Crippen molar-refractivity contribution in [3.05, 3.63) is 0 Å². The predicted molar refractivity (Wildman–Crippen MR) is 73.1 cm³/mol. The fourth-order valence-corrected chi connectivity index (χ4v) is 2.03. The normalized spacial score (nSPS) is 31.5. The van der Waals surface area contributed by atoms with Gasteiger partial charge in [0.1, 0.15) is 12.7 Å². The summed E-state index contributed by atoms with van der Waals surface area (Å²) < 4.78 is 66.4. The molecule has 1 aliphatic rings. The molecule has 1 rings (SSSR count). The van der Waals surface area contributed by atoms with Gasteiger partial charge < -0.3 is 23.7 Å². The second-order valence-corrected chi connectivity index (χ2v) is 4.57. The molecule has 1 unspecified atom stereocenters. The minimum Gasteiger partial charge on any atom is -0.463 e. The van der Waals surface area contributed by atoms with Gasteiger partial charge in [0.2, 0.25) is 6.36 Å². The minimum atomic E-state index is -2.41. The Balaban J connectivity index is 3.17. The average Bonchev–Trinajstić information content (AvgIpc) is 2.69. The molecule has 1 heterocycles. The third-order valence-electron chi connectivity index (χ3n) is 2.79. The molecule has 1 aliphatic heterocycles. The van der Waals surface area contributed by atoms with E-state index in [0.29, 0.717) is 0 Å². The van der Waals surface area contributed by atoms with Gasteiger partial charge in [-0.3, -0.25) is 19.2 Å². The fourth-order valence-electron chi connectivity index (χ4n) is 2.03. The van der Waals surface area contributed by atoms with Crippen molar-refractivity contribution in [3.8, 4) is 0 Å². The van der Waals surface area contributed by atoms with Crippen molar-refractivity contribution >= 4 is 23.9 Å². The molecule has 0 saturated carbocycles. The van der Waals surface area contributed by atoms with Gasteiger partial charge >= 0.3 is 23.9 Å². The van der Waals surface area contributed by atoms with E-state index in [2.05, 4.69) is 4.74 Å². The van der Waals surface area contributed by atoms with Crippen LogP contribution in [-0.2, 0) is 42.9 Å². The minimum absolute atomic E-state index is 0.692. The highest BCUT2D eigenvalue weighted by atomic mass is 19.1. The lowest BCUT2D eigenvalue weighted by Crippen LogP contribution is -2.61. The van der Waals surface area contributed by atoms with Crippen molar-refractivity contribution in [2.24, 2.45) is 0 Å². The number of carbonyl (C=O) groups is 4. The van der Waals surface area contributed by atoms with Gasteiger partial charge in [0, 0.05) is 33.1 Å². The molecule has 0 bridgehead atoms. The van der Waals surface area contributed by atoms with Gasteiger partial charge in [-0.1, -0.05) is 0 Å². The molecule has 10 heteroatoms. The lowest BCUT2D eigenvalue weighted by atomic mass is 9.98. The molecule has 0 radical (unpaired) electrons. The maximum Gasteiger partial charge on any atom is 0.303 e. The molecule has 0 aromatic carbocycles. The fraction of sp³-hybridized carbons (Fsp3) is 0.714. The Labute approximate surface area is 142 Å². The standard InChI is InChI=1S/C14H19FO9/c1-6(16)20-5-10-11(21-7(2)17)12(22-8(3)18)13(14(15)24-10)23-9(4)19/h10-14H,5H2,1-4H3/t10-,11+,12+,13-,14?/m1/s1/i1D,2D,3D,4D. The number of esters is 4. The monoisotopic (exact) mass is 354 g/mol. The summed E-state index contributed by atoms with van der Waals surface area (Å²) in [7, 11) is 0. The number of ether oxygens (including phenoxy) is 5. The van der Waals surface area contributed by atoms with Gasteiger partial charge in [0.15, 0.2) is 18.3 Å². The first-order valence-electron chi connectivity index (χ1n) is 9.30. The third-order valence-corrected chi connectivity index (χ3v) is 2.79. The summed E-state index contributed by atoms with van der Waals surface area (Å²) in [4.78, 5) is 45.7. The van der Waals surface area contributed by atoms with E-state index < -0.39 is 88.9 Å². The number of alkyl halides is 1. The van der Waals surface area contributed by atoms with Crippen molar-refractivity contribution in [1.29, 1.82) is 0 Å². The molecule has 24 heavy (non-hydrogen) atoms. The molecular formula is C14H19FO9. The Morgan fingerprint density at radius 2 is 1.38 bits per heavy atom. The van der Waals surface area contributed by atoms with E-state index in [-0.39, 0.29) is 0 Å².